The lowest BCUT2D eigenvalue weighted by Crippen LogP contribution is -2.27. The Kier molecular flexibility index (Phi) is 3.80. The summed E-state index contributed by atoms with van der Waals surface area (Å²) >= 11 is 0. The van der Waals surface area contributed by atoms with Gasteiger partial charge < -0.3 is 14.7 Å². The fourth-order valence-electron chi connectivity index (χ4n) is 2.35. The van der Waals surface area contributed by atoms with Crippen LogP contribution in [0.3, 0.4) is 0 Å². The van der Waals surface area contributed by atoms with E-state index in [1.54, 1.807) is 6.20 Å². The number of carbonyl (C=O) groups is 2. The van der Waals surface area contributed by atoms with E-state index in [0.29, 0.717) is 5.56 Å². The SMILES string of the molecule is C[C@H](OC(=O)c1ccc[nH]c1=O)C(=O)c1c[nH]c2ccccc12. The number of aromatic amines is 2. The summed E-state index contributed by atoms with van der Waals surface area (Å²) in [5.41, 5.74) is 0.590. The summed E-state index contributed by atoms with van der Waals surface area (Å²) in [6.07, 6.45) is 2.01. The van der Waals surface area contributed by atoms with Gasteiger partial charge in [-0.15, -0.1) is 0 Å². The number of hydrogen-bond donors (Lipinski definition) is 2. The lowest BCUT2D eigenvalue weighted by Gasteiger charge is -2.11. The number of fused-ring (bicyclic) bond motifs is 1. The van der Waals surface area contributed by atoms with E-state index >= 15 is 0 Å². The molecule has 23 heavy (non-hydrogen) atoms. The van der Waals surface area contributed by atoms with Crippen molar-refractivity contribution in [2.24, 2.45) is 0 Å². The van der Waals surface area contributed by atoms with Crippen molar-refractivity contribution in [2.75, 3.05) is 0 Å². The Hall–Kier alpha value is -3.15. The minimum Gasteiger partial charge on any atom is -0.451 e. The summed E-state index contributed by atoms with van der Waals surface area (Å²) in [6, 6.07) is 10.2. The zero-order chi connectivity index (χ0) is 16.4. The number of H-pyrrole nitrogens is 2. The third-order valence-corrected chi connectivity index (χ3v) is 3.55. The molecule has 2 aromatic heterocycles. The minimum atomic E-state index is -0.999. The second-order valence-electron chi connectivity index (χ2n) is 5.07. The first-order chi connectivity index (χ1) is 11.1. The van der Waals surface area contributed by atoms with Gasteiger partial charge in [0.2, 0.25) is 5.78 Å². The van der Waals surface area contributed by atoms with E-state index in [2.05, 4.69) is 9.97 Å². The van der Waals surface area contributed by atoms with Crippen LogP contribution in [0.4, 0.5) is 0 Å². The molecule has 1 aromatic carbocycles. The molecule has 0 saturated heterocycles. The van der Waals surface area contributed by atoms with Gasteiger partial charge in [0, 0.05) is 28.9 Å². The van der Waals surface area contributed by atoms with E-state index in [1.807, 2.05) is 24.3 Å². The van der Waals surface area contributed by atoms with Gasteiger partial charge in [-0.2, -0.15) is 0 Å². The summed E-state index contributed by atoms with van der Waals surface area (Å²) in [7, 11) is 0. The zero-order valence-corrected chi connectivity index (χ0v) is 12.3. The molecular formula is C17H14N2O4. The molecule has 0 spiro atoms. The van der Waals surface area contributed by atoms with Crippen LogP contribution in [0.1, 0.15) is 27.6 Å². The lowest BCUT2D eigenvalue weighted by molar-refractivity contribution is 0.0317. The summed E-state index contributed by atoms with van der Waals surface area (Å²) in [4.78, 5) is 41.5. The molecule has 6 heteroatoms. The van der Waals surface area contributed by atoms with Crippen molar-refractivity contribution in [1.29, 1.82) is 0 Å². The fraction of sp³-hybridized carbons (Fsp3) is 0.118. The average Bonchev–Trinajstić information content (AvgIpc) is 2.98. The molecule has 0 aliphatic rings. The number of carbonyl (C=O) groups excluding carboxylic acids is 2. The van der Waals surface area contributed by atoms with Crippen LogP contribution in [0.15, 0.2) is 53.6 Å². The predicted molar refractivity (Wildman–Crippen MR) is 84.6 cm³/mol. The van der Waals surface area contributed by atoms with Gasteiger partial charge in [-0.1, -0.05) is 18.2 Å². The molecule has 3 rings (SSSR count). The normalized spacial score (nSPS) is 12.0. The van der Waals surface area contributed by atoms with Crippen molar-refractivity contribution < 1.29 is 14.3 Å². The number of nitrogens with one attached hydrogen (secondary N) is 2. The second-order valence-corrected chi connectivity index (χ2v) is 5.07. The van der Waals surface area contributed by atoms with Crippen molar-refractivity contribution in [3.8, 4) is 0 Å². The first-order valence-corrected chi connectivity index (χ1v) is 7.07. The third-order valence-electron chi connectivity index (χ3n) is 3.55. The van der Waals surface area contributed by atoms with Gasteiger partial charge in [0.15, 0.2) is 6.10 Å². The first-order valence-electron chi connectivity index (χ1n) is 7.07. The van der Waals surface area contributed by atoms with E-state index in [9.17, 15) is 14.4 Å². The number of para-hydroxylation sites is 1. The van der Waals surface area contributed by atoms with Crippen LogP contribution >= 0.6 is 0 Å². The van der Waals surface area contributed by atoms with Crippen LogP contribution in [-0.4, -0.2) is 27.8 Å². The van der Waals surface area contributed by atoms with Crippen molar-refractivity contribution in [3.63, 3.8) is 0 Å². The van der Waals surface area contributed by atoms with Crippen molar-refractivity contribution in [2.45, 2.75) is 13.0 Å². The Morgan fingerprint density at radius 2 is 1.83 bits per heavy atom. The smallest absolute Gasteiger partial charge is 0.344 e. The van der Waals surface area contributed by atoms with E-state index < -0.39 is 17.6 Å². The molecule has 116 valence electrons. The van der Waals surface area contributed by atoms with Crippen LogP contribution in [0.25, 0.3) is 10.9 Å². The number of esters is 1. The highest BCUT2D eigenvalue weighted by molar-refractivity contribution is 6.10. The van der Waals surface area contributed by atoms with Crippen LogP contribution < -0.4 is 5.56 Å². The Balaban J connectivity index is 1.82. The molecule has 0 bridgehead atoms. The van der Waals surface area contributed by atoms with Crippen LogP contribution in [0.5, 0.6) is 0 Å². The van der Waals surface area contributed by atoms with Crippen LogP contribution in [-0.2, 0) is 4.74 Å². The van der Waals surface area contributed by atoms with Gasteiger partial charge in [-0.05, 0) is 25.1 Å². The van der Waals surface area contributed by atoms with Crippen molar-refractivity contribution in [3.05, 3.63) is 70.3 Å². The quantitative estimate of drug-likeness (QED) is 0.571. The maximum absolute atomic E-state index is 12.5. The molecule has 0 amide bonds. The maximum atomic E-state index is 12.5. The average molecular weight is 310 g/mol. The first kappa shape index (κ1) is 14.8. The number of rotatable bonds is 4. The number of ketones is 1. The van der Waals surface area contributed by atoms with Crippen molar-refractivity contribution >= 4 is 22.7 Å². The maximum Gasteiger partial charge on any atom is 0.344 e. The van der Waals surface area contributed by atoms with Gasteiger partial charge in [0.25, 0.3) is 5.56 Å². The van der Waals surface area contributed by atoms with E-state index in [-0.39, 0.29) is 11.3 Å². The van der Waals surface area contributed by atoms with Crippen LogP contribution in [0, 0.1) is 0 Å². The molecule has 2 N–H and O–H groups in total. The molecular weight excluding hydrogens is 296 g/mol. The number of hydrogen-bond acceptors (Lipinski definition) is 4. The Morgan fingerprint density at radius 1 is 1.04 bits per heavy atom. The highest BCUT2D eigenvalue weighted by Gasteiger charge is 2.23. The third kappa shape index (κ3) is 2.78. The summed E-state index contributed by atoms with van der Waals surface area (Å²) in [5.74, 6) is -1.16. The lowest BCUT2D eigenvalue weighted by atomic mass is 10.1. The molecule has 0 aliphatic heterocycles. The van der Waals surface area contributed by atoms with Crippen LogP contribution in [0.2, 0.25) is 0 Å². The molecule has 0 radical (unpaired) electrons. The topological polar surface area (TPSA) is 92.0 Å². The van der Waals surface area contributed by atoms with Gasteiger partial charge >= 0.3 is 5.97 Å². The molecule has 3 aromatic rings. The monoisotopic (exact) mass is 310 g/mol. The number of Topliss-reactive ketones (excluding diaryl/α,β-unsaturated/α-hetero) is 1. The molecule has 0 aliphatic carbocycles. The van der Waals surface area contributed by atoms with Crippen molar-refractivity contribution in [1.82, 2.24) is 9.97 Å². The van der Waals surface area contributed by atoms with Gasteiger partial charge in [0.05, 0.1) is 0 Å². The number of ether oxygens (including phenoxy) is 1. The van der Waals surface area contributed by atoms with E-state index in [0.717, 1.165) is 10.9 Å². The number of benzene rings is 1. The standard InChI is InChI=1S/C17H14N2O4/c1-10(23-17(22)12-6-4-8-18-16(12)21)15(20)13-9-19-14-7-3-2-5-11(13)14/h2-10,19H,1H3,(H,18,21)/t10-/m0/s1. The second kappa shape index (κ2) is 5.92. The predicted octanol–water partition coefficient (Wildman–Crippen LogP) is 2.28. The zero-order valence-electron chi connectivity index (χ0n) is 12.3. The largest absolute Gasteiger partial charge is 0.451 e. The van der Waals surface area contributed by atoms with Gasteiger partial charge in [0.1, 0.15) is 5.56 Å². The summed E-state index contributed by atoms with van der Waals surface area (Å²) in [6.45, 7) is 1.49. The van der Waals surface area contributed by atoms with E-state index in [4.69, 9.17) is 4.74 Å². The Morgan fingerprint density at radius 3 is 2.61 bits per heavy atom. The highest BCUT2D eigenvalue weighted by atomic mass is 16.5. The fourth-order valence-corrected chi connectivity index (χ4v) is 2.35. The Bertz CT molecular complexity index is 939. The molecule has 2 heterocycles. The molecule has 0 fully saturated rings. The number of pyridine rings is 1. The molecule has 1 atom stereocenters. The summed E-state index contributed by atoms with van der Waals surface area (Å²) in [5, 5.41) is 0.762. The number of aromatic nitrogens is 2. The van der Waals surface area contributed by atoms with Gasteiger partial charge in [-0.25, -0.2) is 4.79 Å². The molecule has 0 saturated carbocycles. The highest BCUT2D eigenvalue weighted by Crippen LogP contribution is 2.20. The summed E-state index contributed by atoms with van der Waals surface area (Å²) < 4.78 is 5.13. The minimum absolute atomic E-state index is 0.133. The molecule has 6 nitrogen and oxygen atoms in total. The van der Waals surface area contributed by atoms with Gasteiger partial charge in [-0.3, -0.25) is 9.59 Å². The Labute approximate surface area is 131 Å². The van der Waals surface area contributed by atoms with E-state index in [1.165, 1.54) is 25.3 Å². The molecule has 0 unspecified atom stereocenters.